The molecule has 1 amide bonds. The number of nitrogens with zero attached hydrogens (tertiary/aromatic N) is 2. The second kappa shape index (κ2) is 9.59. The highest BCUT2D eigenvalue weighted by atomic mass is 32.2. The van der Waals surface area contributed by atoms with E-state index >= 15 is 0 Å². The molecule has 0 saturated heterocycles. The molecule has 0 radical (unpaired) electrons. The Bertz CT molecular complexity index is 1330. The van der Waals surface area contributed by atoms with Gasteiger partial charge in [0.15, 0.2) is 0 Å². The fourth-order valence-corrected chi connectivity index (χ4v) is 5.27. The number of carbonyl (C=O) groups excluding carboxylic acids is 1. The van der Waals surface area contributed by atoms with Crippen LogP contribution in [0, 0.1) is 6.92 Å². The number of rotatable bonds is 8. The van der Waals surface area contributed by atoms with Crippen molar-refractivity contribution in [3.63, 3.8) is 0 Å². The third-order valence-corrected chi connectivity index (χ3v) is 7.33. The lowest BCUT2D eigenvalue weighted by Crippen LogP contribution is -2.45. The summed E-state index contributed by atoms with van der Waals surface area (Å²) in [6.07, 6.45) is 2.50. The average molecular weight is 489 g/mol. The first-order valence-electron chi connectivity index (χ1n) is 9.88. The molecule has 1 atom stereocenters. The Hall–Kier alpha value is -3.44. The van der Waals surface area contributed by atoms with Gasteiger partial charge < -0.3 is 5.32 Å². The molecule has 1 aromatic heterocycles. The highest BCUT2D eigenvalue weighted by Gasteiger charge is 2.29. The van der Waals surface area contributed by atoms with Crippen molar-refractivity contribution in [1.29, 1.82) is 0 Å². The summed E-state index contributed by atoms with van der Waals surface area (Å²) in [5.41, 5.74) is 1.64. The van der Waals surface area contributed by atoms with Gasteiger partial charge in [-0.2, -0.15) is 0 Å². The van der Waals surface area contributed by atoms with Crippen molar-refractivity contribution in [3.8, 4) is 0 Å². The van der Waals surface area contributed by atoms with Crippen LogP contribution in [-0.2, 0) is 24.8 Å². The number of nitrogens with one attached hydrogen (secondary N) is 2. The molecular weight excluding hydrogens is 464 g/mol. The standard InChI is InChI=1S/C22H24N4O5S2/c1-16-7-11-19(12-8-16)26(32(3,28)29)17(2)22(27)24-18-9-13-20(14-10-18)33(30,31)25-21-6-4-5-15-23-21/h4-15,17H,1-3H3,(H,23,25)(H,24,27)/t17-/m1/s1. The highest BCUT2D eigenvalue weighted by molar-refractivity contribution is 7.92. The molecular formula is C22H24N4O5S2. The van der Waals surface area contributed by atoms with Gasteiger partial charge >= 0.3 is 0 Å². The Balaban J connectivity index is 1.76. The van der Waals surface area contributed by atoms with Gasteiger partial charge in [0.2, 0.25) is 15.9 Å². The van der Waals surface area contributed by atoms with E-state index in [4.69, 9.17) is 0 Å². The van der Waals surface area contributed by atoms with E-state index in [0.29, 0.717) is 11.4 Å². The van der Waals surface area contributed by atoms with Crippen molar-refractivity contribution in [1.82, 2.24) is 4.98 Å². The number of hydrogen-bond acceptors (Lipinski definition) is 6. The smallest absolute Gasteiger partial charge is 0.263 e. The number of benzene rings is 2. The first-order chi connectivity index (χ1) is 15.5. The lowest BCUT2D eigenvalue weighted by atomic mass is 10.2. The van der Waals surface area contributed by atoms with E-state index in [-0.39, 0.29) is 10.7 Å². The zero-order valence-corrected chi connectivity index (χ0v) is 19.9. The second-order valence-electron chi connectivity index (χ2n) is 7.40. The Morgan fingerprint density at radius 3 is 2.12 bits per heavy atom. The van der Waals surface area contributed by atoms with Crippen LogP contribution in [0.4, 0.5) is 17.2 Å². The maximum atomic E-state index is 12.8. The van der Waals surface area contributed by atoms with E-state index in [0.717, 1.165) is 16.1 Å². The van der Waals surface area contributed by atoms with Gasteiger partial charge in [0.1, 0.15) is 11.9 Å². The van der Waals surface area contributed by atoms with Gasteiger partial charge in [-0.1, -0.05) is 23.8 Å². The molecule has 3 aromatic rings. The van der Waals surface area contributed by atoms with E-state index in [9.17, 15) is 21.6 Å². The molecule has 0 aliphatic heterocycles. The first kappa shape index (κ1) is 24.2. The molecule has 174 valence electrons. The van der Waals surface area contributed by atoms with Crippen LogP contribution >= 0.6 is 0 Å². The molecule has 0 aliphatic carbocycles. The third-order valence-electron chi connectivity index (χ3n) is 4.71. The van der Waals surface area contributed by atoms with Crippen LogP contribution in [0.25, 0.3) is 0 Å². The molecule has 0 aliphatic rings. The molecule has 1 heterocycles. The van der Waals surface area contributed by atoms with Crippen LogP contribution in [0.2, 0.25) is 0 Å². The topological polar surface area (TPSA) is 126 Å². The molecule has 3 rings (SSSR count). The van der Waals surface area contributed by atoms with E-state index in [1.165, 1.54) is 43.5 Å². The van der Waals surface area contributed by atoms with Gasteiger partial charge in [-0.25, -0.2) is 21.8 Å². The predicted octanol–water partition coefficient (Wildman–Crippen LogP) is 2.98. The van der Waals surface area contributed by atoms with E-state index < -0.39 is 32.0 Å². The first-order valence-corrected chi connectivity index (χ1v) is 13.2. The number of aryl methyl sites for hydroxylation is 1. The van der Waals surface area contributed by atoms with Crippen LogP contribution in [0.3, 0.4) is 0 Å². The van der Waals surface area contributed by atoms with Crippen LogP contribution in [-0.4, -0.2) is 40.0 Å². The Morgan fingerprint density at radius 1 is 0.939 bits per heavy atom. The summed E-state index contributed by atoms with van der Waals surface area (Å²) >= 11 is 0. The SMILES string of the molecule is Cc1ccc(N([C@H](C)C(=O)Nc2ccc(S(=O)(=O)Nc3ccccn3)cc2)S(C)(=O)=O)cc1. The van der Waals surface area contributed by atoms with Gasteiger partial charge in [-0.15, -0.1) is 0 Å². The van der Waals surface area contributed by atoms with Crippen molar-refractivity contribution in [2.24, 2.45) is 0 Å². The molecule has 33 heavy (non-hydrogen) atoms. The van der Waals surface area contributed by atoms with Crippen LogP contribution in [0.1, 0.15) is 12.5 Å². The minimum Gasteiger partial charge on any atom is -0.324 e. The second-order valence-corrected chi connectivity index (χ2v) is 10.9. The fraction of sp³-hybridized carbons (Fsp3) is 0.182. The van der Waals surface area contributed by atoms with E-state index in [2.05, 4.69) is 15.0 Å². The molecule has 9 nitrogen and oxygen atoms in total. The minimum atomic E-state index is -3.86. The summed E-state index contributed by atoms with van der Waals surface area (Å²) in [4.78, 5) is 16.7. The Kier molecular flexibility index (Phi) is 7.04. The lowest BCUT2D eigenvalue weighted by molar-refractivity contribution is -0.116. The van der Waals surface area contributed by atoms with Crippen molar-refractivity contribution in [2.75, 3.05) is 20.6 Å². The quantitative estimate of drug-likeness (QED) is 0.502. The summed E-state index contributed by atoms with van der Waals surface area (Å²) in [5.74, 6) is -0.385. The van der Waals surface area contributed by atoms with Gasteiger partial charge in [-0.3, -0.25) is 13.8 Å². The maximum absolute atomic E-state index is 12.8. The van der Waals surface area contributed by atoms with Crippen molar-refractivity contribution in [2.45, 2.75) is 24.8 Å². The third kappa shape index (κ3) is 6.08. The van der Waals surface area contributed by atoms with Crippen molar-refractivity contribution in [3.05, 3.63) is 78.5 Å². The number of amides is 1. The van der Waals surface area contributed by atoms with Crippen molar-refractivity contribution < 1.29 is 21.6 Å². The Morgan fingerprint density at radius 2 is 1.58 bits per heavy atom. The van der Waals surface area contributed by atoms with Crippen LogP contribution in [0.5, 0.6) is 0 Å². The van der Waals surface area contributed by atoms with E-state index in [1.54, 1.807) is 36.4 Å². The molecule has 0 bridgehead atoms. The minimum absolute atomic E-state index is 0.0170. The van der Waals surface area contributed by atoms with Gasteiger partial charge in [0, 0.05) is 11.9 Å². The van der Waals surface area contributed by atoms with Gasteiger partial charge in [0.05, 0.1) is 16.8 Å². The Labute approximate surface area is 193 Å². The zero-order chi connectivity index (χ0) is 24.2. The van der Waals surface area contributed by atoms with Crippen LogP contribution < -0.4 is 14.3 Å². The summed E-state index contributed by atoms with van der Waals surface area (Å²) in [6.45, 7) is 3.35. The summed E-state index contributed by atoms with van der Waals surface area (Å²) in [7, 11) is -7.60. The van der Waals surface area contributed by atoms with Crippen molar-refractivity contribution >= 4 is 43.1 Å². The monoisotopic (exact) mass is 488 g/mol. The number of pyridine rings is 1. The molecule has 2 aromatic carbocycles. The number of sulfonamides is 2. The average Bonchev–Trinajstić information content (AvgIpc) is 2.75. The van der Waals surface area contributed by atoms with Gasteiger partial charge in [-0.05, 0) is 62.4 Å². The number of carbonyl (C=O) groups is 1. The molecule has 0 unspecified atom stereocenters. The predicted molar refractivity (Wildman–Crippen MR) is 128 cm³/mol. The summed E-state index contributed by atoms with van der Waals surface area (Å²) in [5, 5.41) is 2.63. The highest BCUT2D eigenvalue weighted by Crippen LogP contribution is 2.23. The molecule has 0 fully saturated rings. The van der Waals surface area contributed by atoms with Crippen LogP contribution in [0.15, 0.2) is 77.8 Å². The number of anilines is 3. The molecule has 11 heteroatoms. The zero-order valence-electron chi connectivity index (χ0n) is 18.3. The normalized spacial score (nSPS) is 12.6. The lowest BCUT2D eigenvalue weighted by Gasteiger charge is -2.28. The molecule has 0 saturated carbocycles. The maximum Gasteiger partial charge on any atom is 0.263 e. The largest absolute Gasteiger partial charge is 0.324 e. The number of hydrogen-bond donors (Lipinski definition) is 2. The molecule has 2 N–H and O–H groups in total. The van der Waals surface area contributed by atoms with E-state index in [1.807, 2.05) is 6.92 Å². The fourth-order valence-electron chi connectivity index (χ4n) is 3.08. The summed E-state index contributed by atoms with van der Waals surface area (Å²) < 4.78 is 53.2. The van der Waals surface area contributed by atoms with Gasteiger partial charge in [0.25, 0.3) is 10.0 Å². The number of aromatic nitrogens is 1. The molecule has 0 spiro atoms. The summed E-state index contributed by atoms with van der Waals surface area (Å²) in [6, 6.07) is 16.1.